The van der Waals surface area contributed by atoms with E-state index < -0.39 is 22.8 Å². The fourth-order valence-corrected chi connectivity index (χ4v) is 11.7. The maximum atomic E-state index is 12.6. The van der Waals surface area contributed by atoms with Gasteiger partial charge in [0.2, 0.25) is 0 Å². The molecule has 5 aliphatic carbocycles. The average molecular weight is 615 g/mol. The van der Waals surface area contributed by atoms with Gasteiger partial charge in [0.1, 0.15) is 0 Å². The largest absolute Gasteiger partial charge is 0.481 e. The van der Waals surface area contributed by atoms with Crippen molar-refractivity contribution in [2.24, 2.45) is 39.9 Å². The third-order valence-corrected chi connectivity index (χ3v) is 14.3. The molecule has 0 heterocycles. The second-order valence-electron chi connectivity index (χ2n) is 17.5. The summed E-state index contributed by atoms with van der Waals surface area (Å²) in [5, 5.41) is 20.8. The molecule has 0 bridgehead atoms. The molecule has 5 aliphatic rings. The Morgan fingerprint density at radius 1 is 0.822 bits per heavy atom. The fraction of sp³-hybridized carbons (Fsp3) is 0.707. The molecule has 7 atom stereocenters. The van der Waals surface area contributed by atoms with Gasteiger partial charge in [-0.2, -0.15) is 0 Å². The molecule has 0 amide bonds. The molecule has 0 saturated heterocycles. The Hall–Kier alpha value is -2.36. The summed E-state index contributed by atoms with van der Waals surface area (Å²) >= 11 is 0. The van der Waals surface area contributed by atoms with Gasteiger partial charge in [-0.05, 0) is 146 Å². The molecule has 7 unspecified atom stereocenters. The fourth-order valence-electron chi connectivity index (χ4n) is 11.7. The Balaban J connectivity index is 1.44. The molecule has 0 spiro atoms. The number of rotatable bonds is 6. The summed E-state index contributed by atoms with van der Waals surface area (Å²) in [4.78, 5) is 25.3. The van der Waals surface area contributed by atoms with E-state index >= 15 is 0 Å². The van der Waals surface area contributed by atoms with Crippen molar-refractivity contribution in [3.05, 3.63) is 57.2 Å². The first-order valence-corrected chi connectivity index (χ1v) is 18.1. The normalized spacial score (nSPS) is 37.8. The molecular formula is C41H58O4. The van der Waals surface area contributed by atoms with E-state index in [-0.39, 0.29) is 22.7 Å². The molecule has 0 aliphatic heterocycles. The van der Waals surface area contributed by atoms with Crippen molar-refractivity contribution in [1.82, 2.24) is 0 Å². The van der Waals surface area contributed by atoms with E-state index in [4.69, 9.17) is 0 Å². The van der Waals surface area contributed by atoms with Gasteiger partial charge in [0, 0.05) is 0 Å². The highest BCUT2D eigenvalue weighted by molar-refractivity contribution is 5.76. The minimum Gasteiger partial charge on any atom is -0.481 e. The van der Waals surface area contributed by atoms with Crippen LogP contribution in [0.3, 0.4) is 0 Å². The van der Waals surface area contributed by atoms with E-state index in [9.17, 15) is 19.8 Å². The number of fused-ring (bicyclic) bond motifs is 5. The van der Waals surface area contributed by atoms with Crippen LogP contribution in [-0.4, -0.2) is 22.2 Å². The first kappa shape index (κ1) is 32.6. The third kappa shape index (κ3) is 4.89. The van der Waals surface area contributed by atoms with Crippen molar-refractivity contribution in [1.29, 1.82) is 0 Å². The van der Waals surface area contributed by atoms with Gasteiger partial charge in [-0.1, -0.05) is 83.7 Å². The minimum absolute atomic E-state index is 0.0903. The number of hydrogen-bond acceptors (Lipinski definition) is 2. The van der Waals surface area contributed by atoms with Gasteiger partial charge in [-0.25, -0.2) is 0 Å². The van der Waals surface area contributed by atoms with E-state index in [1.165, 1.54) is 33.4 Å². The molecule has 1 aromatic rings. The standard InChI is InChI=1S/C41H58O4/c1-24(2)30-20-26-11-13-34-38(5,15-9-17-40(34,7)36(42)43)32(26)22-28(30)19-29-23-33-27(21-31(29)25(3)4)12-14-35-39(33,6)16-10-18-41(35,8)37(44)45/h20,22-25,31,34-35H,9-19,21H2,1-8H3,(H,42,43)(H,44,45). The van der Waals surface area contributed by atoms with Gasteiger partial charge in [0.05, 0.1) is 10.8 Å². The molecule has 4 nitrogen and oxygen atoms in total. The second-order valence-corrected chi connectivity index (χ2v) is 17.5. The van der Waals surface area contributed by atoms with Crippen LogP contribution in [0.25, 0.3) is 0 Å². The number of allylic oxidation sites excluding steroid dienone is 4. The Kier molecular flexibility index (Phi) is 8.05. The average Bonchev–Trinajstić information content (AvgIpc) is 2.96. The smallest absolute Gasteiger partial charge is 0.309 e. The summed E-state index contributed by atoms with van der Waals surface area (Å²) in [5.74, 6) is 0.509. The summed E-state index contributed by atoms with van der Waals surface area (Å²) in [7, 11) is 0. The van der Waals surface area contributed by atoms with Crippen molar-refractivity contribution in [2.45, 2.75) is 144 Å². The quantitative estimate of drug-likeness (QED) is 0.334. The summed E-state index contributed by atoms with van der Waals surface area (Å²) in [6.45, 7) is 18.2. The lowest BCUT2D eigenvalue weighted by molar-refractivity contribution is -0.159. The minimum atomic E-state index is -0.670. The van der Waals surface area contributed by atoms with Crippen molar-refractivity contribution in [2.75, 3.05) is 0 Å². The molecular weight excluding hydrogens is 556 g/mol. The lowest BCUT2D eigenvalue weighted by Crippen LogP contribution is -2.52. The van der Waals surface area contributed by atoms with Crippen LogP contribution in [0.5, 0.6) is 0 Å². The number of carboxylic acid groups (broad SMARTS) is 2. The molecule has 4 heteroatoms. The summed E-state index contributed by atoms with van der Waals surface area (Å²) in [6.07, 6.45) is 14.2. The zero-order valence-electron chi connectivity index (χ0n) is 29.3. The molecule has 0 aromatic heterocycles. The number of carboxylic acids is 2. The van der Waals surface area contributed by atoms with Crippen molar-refractivity contribution in [3.8, 4) is 0 Å². The highest BCUT2D eigenvalue weighted by Crippen LogP contribution is 2.62. The van der Waals surface area contributed by atoms with Gasteiger partial charge in [-0.15, -0.1) is 0 Å². The van der Waals surface area contributed by atoms with Crippen LogP contribution in [0.4, 0.5) is 0 Å². The van der Waals surface area contributed by atoms with E-state index in [1.54, 1.807) is 5.57 Å². The maximum absolute atomic E-state index is 12.6. The second kappa shape index (κ2) is 11.1. The van der Waals surface area contributed by atoms with E-state index in [0.29, 0.717) is 17.8 Å². The summed E-state index contributed by atoms with van der Waals surface area (Å²) < 4.78 is 0. The van der Waals surface area contributed by atoms with E-state index in [0.717, 1.165) is 77.0 Å². The molecule has 1 aromatic carbocycles. The highest BCUT2D eigenvalue weighted by atomic mass is 16.4. The number of benzene rings is 1. The number of hydrogen-bond donors (Lipinski definition) is 2. The van der Waals surface area contributed by atoms with Crippen molar-refractivity contribution in [3.63, 3.8) is 0 Å². The number of carbonyl (C=O) groups is 2. The van der Waals surface area contributed by atoms with Crippen LogP contribution in [0.15, 0.2) is 34.9 Å². The van der Waals surface area contributed by atoms with Crippen LogP contribution in [-0.2, 0) is 27.8 Å². The third-order valence-electron chi connectivity index (χ3n) is 14.3. The predicted octanol–water partition coefficient (Wildman–Crippen LogP) is 10.0. The maximum Gasteiger partial charge on any atom is 0.309 e. The molecule has 0 radical (unpaired) electrons. The number of aliphatic carboxylic acids is 2. The van der Waals surface area contributed by atoms with Crippen LogP contribution < -0.4 is 0 Å². The van der Waals surface area contributed by atoms with Crippen molar-refractivity contribution < 1.29 is 19.8 Å². The van der Waals surface area contributed by atoms with Crippen LogP contribution in [0.2, 0.25) is 0 Å². The van der Waals surface area contributed by atoms with Gasteiger partial charge in [-0.3, -0.25) is 9.59 Å². The van der Waals surface area contributed by atoms with Crippen LogP contribution in [0, 0.1) is 39.9 Å². The molecule has 6 rings (SSSR count). The van der Waals surface area contributed by atoms with Gasteiger partial charge in [0.15, 0.2) is 0 Å². The lowest BCUT2D eigenvalue weighted by atomic mass is 9.48. The van der Waals surface area contributed by atoms with Crippen molar-refractivity contribution >= 4 is 11.9 Å². The van der Waals surface area contributed by atoms with E-state index in [2.05, 4.69) is 59.8 Å². The Bertz CT molecular complexity index is 1460. The lowest BCUT2D eigenvalue weighted by Gasteiger charge is -2.55. The topological polar surface area (TPSA) is 74.6 Å². The highest BCUT2D eigenvalue weighted by Gasteiger charge is 2.57. The Morgan fingerprint density at radius 3 is 1.98 bits per heavy atom. The van der Waals surface area contributed by atoms with Crippen LogP contribution >= 0.6 is 0 Å². The molecule has 45 heavy (non-hydrogen) atoms. The zero-order chi connectivity index (χ0) is 32.7. The predicted molar refractivity (Wildman–Crippen MR) is 181 cm³/mol. The van der Waals surface area contributed by atoms with Gasteiger partial charge < -0.3 is 10.2 Å². The van der Waals surface area contributed by atoms with Gasteiger partial charge >= 0.3 is 11.9 Å². The first-order chi connectivity index (χ1) is 21.1. The number of aryl methyl sites for hydroxylation is 1. The monoisotopic (exact) mass is 614 g/mol. The van der Waals surface area contributed by atoms with Gasteiger partial charge in [0.25, 0.3) is 0 Å². The molecule has 246 valence electrons. The Morgan fingerprint density at radius 2 is 1.40 bits per heavy atom. The molecule has 2 N–H and O–H groups in total. The molecule has 2 fully saturated rings. The van der Waals surface area contributed by atoms with E-state index in [1.807, 2.05) is 13.8 Å². The van der Waals surface area contributed by atoms with Crippen LogP contribution in [0.1, 0.15) is 148 Å². The summed E-state index contributed by atoms with van der Waals surface area (Å²) in [5.41, 5.74) is 8.76. The first-order valence-electron chi connectivity index (χ1n) is 18.1. The summed E-state index contributed by atoms with van der Waals surface area (Å²) in [6, 6.07) is 5.03. The SMILES string of the molecule is CC(C)c1cc2c(cc1CC1=CC3=C(CCC4C(C)(C(=O)O)CCCC34C)CC1C(C)C)C1(C)CCCC(C)(C(=O)O)C1CC2. The zero-order valence-corrected chi connectivity index (χ0v) is 29.3. The molecule has 2 saturated carbocycles. The Labute approximate surface area is 272 Å².